The van der Waals surface area contributed by atoms with Gasteiger partial charge in [0.25, 0.3) is 0 Å². The zero-order chi connectivity index (χ0) is 21.9. The van der Waals surface area contributed by atoms with E-state index in [0.29, 0.717) is 5.58 Å². The number of fused-ring (bicyclic) bond motifs is 2. The topological polar surface area (TPSA) is 81.6 Å². The SMILES string of the molecule is Cl.O=c1cc(N2CCN(CCCNc3cc(=O)oc4ccccc34)CC2)c2ccccc2[nH]1. The molecule has 0 saturated carbocycles. The van der Waals surface area contributed by atoms with Crippen LogP contribution in [-0.2, 0) is 0 Å². The molecule has 5 rings (SSSR count). The fraction of sp³-hybridized carbons (Fsp3) is 0.280. The summed E-state index contributed by atoms with van der Waals surface area (Å²) >= 11 is 0. The molecule has 0 spiro atoms. The largest absolute Gasteiger partial charge is 0.423 e. The third kappa shape index (κ3) is 5.05. The van der Waals surface area contributed by atoms with Crippen LogP contribution >= 0.6 is 12.4 Å². The zero-order valence-electron chi connectivity index (χ0n) is 18.3. The van der Waals surface area contributed by atoms with Crippen molar-refractivity contribution in [1.82, 2.24) is 9.88 Å². The molecule has 172 valence electrons. The summed E-state index contributed by atoms with van der Waals surface area (Å²) in [7, 11) is 0. The lowest BCUT2D eigenvalue weighted by molar-refractivity contribution is 0.257. The van der Waals surface area contributed by atoms with Crippen LogP contribution in [0.15, 0.2) is 74.7 Å². The molecule has 1 saturated heterocycles. The monoisotopic (exact) mass is 466 g/mol. The fourth-order valence-corrected chi connectivity index (χ4v) is 4.44. The van der Waals surface area contributed by atoms with Gasteiger partial charge in [-0.15, -0.1) is 12.4 Å². The van der Waals surface area contributed by atoms with Crippen LogP contribution in [0.4, 0.5) is 11.4 Å². The van der Waals surface area contributed by atoms with E-state index < -0.39 is 0 Å². The van der Waals surface area contributed by atoms with Gasteiger partial charge in [0.2, 0.25) is 5.56 Å². The van der Waals surface area contributed by atoms with E-state index in [1.54, 1.807) is 6.07 Å². The molecule has 4 aromatic rings. The first-order valence-electron chi connectivity index (χ1n) is 11.0. The van der Waals surface area contributed by atoms with E-state index in [1.807, 2.05) is 42.5 Å². The lowest BCUT2D eigenvalue weighted by Crippen LogP contribution is -2.47. The first kappa shape index (κ1) is 22.9. The summed E-state index contributed by atoms with van der Waals surface area (Å²) in [4.78, 5) is 31.5. The Morgan fingerprint density at radius 3 is 2.45 bits per heavy atom. The third-order valence-electron chi connectivity index (χ3n) is 6.06. The summed E-state index contributed by atoms with van der Waals surface area (Å²) in [6.07, 6.45) is 0.975. The van der Waals surface area contributed by atoms with Gasteiger partial charge >= 0.3 is 5.63 Å². The van der Waals surface area contributed by atoms with Crippen molar-refractivity contribution in [2.75, 3.05) is 49.5 Å². The number of piperazine rings is 1. The second-order valence-electron chi connectivity index (χ2n) is 8.15. The van der Waals surface area contributed by atoms with Gasteiger partial charge in [0.05, 0.1) is 16.9 Å². The number of benzene rings is 2. The van der Waals surface area contributed by atoms with E-state index in [-0.39, 0.29) is 23.6 Å². The molecule has 3 heterocycles. The number of aromatic amines is 1. The smallest absolute Gasteiger partial charge is 0.338 e. The summed E-state index contributed by atoms with van der Waals surface area (Å²) in [6, 6.07) is 18.8. The molecule has 1 aliphatic rings. The number of hydrogen-bond acceptors (Lipinski definition) is 6. The number of hydrogen-bond donors (Lipinski definition) is 2. The van der Waals surface area contributed by atoms with Gasteiger partial charge in [-0.1, -0.05) is 30.3 Å². The molecule has 0 radical (unpaired) electrons. The van der Waals surface area contributed by atoms with Gasteiger partial charge in [0.15, 0.2) is 0 Å². The summed E-state index contributed by atoms with van der Waals surface area (Å²) in [6.45, 7) is 5.47. The van der Waals surface area contributed by atoms with Crippen molar-refractivity contribution in [1.29, 1.82) is 0 Å². The van der Waals surface area contributed by atoms with Crippen molar-refractivity contribution in [3.63, 3.8) is 0 Å². The lowest BCUT2D eigenvalue weighted by Gasteiger charge is -2.36. The molecule has 0 aliphatic carbocycles. The van der Waals surface area contributed by atoms with Crippen molar-refractivity contribution >= 4 is 45.7 Å². The van der Waals surface area contributed by atoms with Crippen LogP contribution in [-0.4, -0.2) is 49.2 Å². The average Bonchev–Trinajstić information content (AvgIpc) is 2.81. The Balaban J connectivity index is 0.00000259. The van der Waals surface area contributed by atoms with Gasteiger partial charge in [0.1, 0.15) is 5.58 Å². The second-order valence-corrected chi connectivity index (χ2v) is 8.15. The Kier molecular flexibility index (Phi) is 7.01. The first-order chi connectivity index (χ1) is 15.7. The maximum absolute atomic E-state index is 12.1. The number of nitrogens with zero attached hydrogens (tertiary/aromatic N) is 2. The van der Waals surface area contributed by atoms with Crippen molar-refractivity contribution in [3.05, 3.63) is 81.4 Å². The molecular weight excluding hydrogens is 440 g/mol. The minimum absolute atomic E-state index is 0. The van der Waals surface area contributed by atoms with Gasteiger partial charge in [-0.3, -0.25) is 9.69 Å². The predicted octanol–water partition coefficient (Wildman–Crippen LogP) is 3.68. The van der Waals surface area contributed by atoms with Crippen molar-refractivity contribution < 1.29 is 4.42 Å². The average molecular weight is 467 g/mol. The van der Waals surface area contributed by atoms with Crippen LogP contribution in [0.3, 0.4) is 0 Å². The Morgan fingerprint density at radius 1 is 0.909 bits per heavy atom. The molecule has 2 N–H and O–H groups in total. The standard InChI is InChI=1S/C25H26N4O3.ClH/c30-24-17-22(18-6-1-3-8-20(18)27-24)29-14-12-28(13-15-29)11-5-10-26-21-16-25(31)32-23-9-4-2-7-19(21)23;/h1-4,6-9,16-17,26H,5,10-15H2,(H,27,30);1H. The molecule has 33 heavy (non-hydrogen) atoms. The Morgan fingerprint density at radius 2 is 1.64 bits per heavy atom. The Hall–Kier alpha value is -3.29. The van der Waals surface area contributed by atoms with Gasteiger partial charge in [-0.25, -0.2) is 4.79 Å². The van der Waals surface area contributed by atoms with E-state index >= 15 is 0 Å². The van der Waals surface area contributed by atoms with Crippen LogP contribution in [0, 0.1) is 0 Å². The number of pyridine rings is 1. The molecule has 0 atom stereocenters. The number of halogens is 1. The Bertz CT molecular complexity index is 1360. The first-order valence-corrected chi connectivity index (χ1v) is 11.0. The van der Waals surface area contributed by atoms with Gasteiger partial charge < -0.3 is 19.6 Å². The predicted molar refractivity (Wildman–Crippen MR) is 136 cm³/mol. The number of aromatic nitrogens is 1. The number of rotatable bonds is 6. The van der Waals surface area contributed by atoms with Gasteiger partial charge in [-0.2, -0.15) is 0 Å². The molecule has 0 unspecified atom stereocenters. The van der Waals surface area contributed by atoms with Gasteiger partial charge in [0, 0.05) is 55.6 Å². The van der Waals surface area contributed by atoms with E-state index in [4.69, 9.17) is 4.42 Å². The van der Waals surface area contributed by atoms with Gasteiger partial charge in [-0.05, 0) is 31.2 Å². The summed E-state index contributed by atoms with van der Waals surface area (Å²) in [5.74, 6) is 0. The maximum Gasteiger partial charge on any atom is 0.338 e. The normalized spacial score (nSPS) is 14.4. The number of anilines is 2. The van der Waals surface area contributed by atoms with Crippen molar-refractivity contribution in [3.8, 4) is 0 Å². The van der Waals surface area contributed by atoms with Crippen LogP contribution in [0.1, 0.15) is 6.42 Å². The number of H-pyrrole nitrogens is 1. The maximum atomic E-state index is 12.1. The van der Waals surface area contributed by atoms with E-state index in [9.17, 15) is 9.59 Å². The summed E-state index contributed by atoms with van der Waals surface area (Å²) in [5, 5.41) is 5.40. The molecule has 2 aromatic heterocycles. The molecule has 1 aliphatic heterocycles. The quantitative estimate of drug-likeness (QED) is 0.333. The zero-order valence-corrected chi connectivity index (χ0v) is 19.1. The molecule has 0 bridgehead atoms. The molecule has 2 aromatic carbocycles. The number of para-hydroxylation sites is 2. The highest BCUT2D eigenvalue weighted by molar-refractivity contribution is 5.91. The highest BCUT2D eigenvalue weighted by atomic mass is 35.5. The highest BCUT2D eigenvalue weighted by Crippen LogP contribution is 2.25. The number of nitrogens with one attached hydrogen (secondary N) is 2. The lowest BCUT2D eigenvalue weighted by atomic mass is 10.1. The van der Waals surface area contributed by atoms with E-state index in [1.165, 1.54) is 6.07 Å². The molecule has 1 fully saturated rings. The highest BCUT2D eigenvalue weighted by Gasteiger charge is 2.19. The van der Waals surface area contributed by atoms with Crippen LogP contribution in [0.5, 0.6) is 0 Å². The molecular formula is C25H27ClN4O3. The summed E-state index contributed by atoms with van der Waals surface area (Å²) < 4.78 is 5.25. The van der Waals surface area contributed by atoms with Crippen LogP contribution in [0.25, 0.3) is 21.9 Å². The summed E-state index contributed by atoms with van der Waals surface area (Å²) in [5.41, 5.74) is 2.92. The van der Waals surface area contributed by atoms with Crippen LogP contribution < -0.4 is 21.4 Å². The van der Waals surface area contributed by atoms with Crippen LogP contribution in [0.2, 0.25) is 0 Å². The molecule has 7 nitrogen and oxygen atoms in total. The van der Waals surface area contributed by atoms with Crippen molar-refractivity contribution in [2.45, 2.75) is 6.42 Å². The molecule has 8 heteroatoms. The molecule has 0 amide bonds. The minimum Gasteiger partial charge on any atom is -0.423 e. The third-order valence-corrected chi connectivity index (χ3v) is 6.06. The second kappa shape index (κ2) is 10.1. The van der Waals surface area contributed by atoms with E-state index in [2.05, 4.69) is 26.2 Å². The minimum atomic E-state index is -0.338. The fourth-order valence-electron chi connectivity index (χ4n) is 4.44. The van der Waals surface area contributed by atoms with E-state index in [0.717, 1.165) is 73.4 Å². The van der Waals surface area contributed by atoms with Crippen molar-refractivity contribution in [2.24, 2.45) is 0 Å². The Labute approximate surface area is 197 Å².